The van der Waals surface area contributed by atoms with Gasteiger partial charge in [0.2, 0.25) is 0 Å². The quantitative estimate of drug-likeness (QED) is 0.884. The Bertz CT molecular complexity index is 509. The van der Waals surface area contributed by atoms with Gasteiger partial charge in [-0.3, -0.25) is 4.79 Å². The highest BCUT2D eigenvalue weighted by molar-refractivity contribution is 5.85. The van der Waals surface area contributed by atoms with Gasteiger partial charge in [0.1, 0.15) is 5.60 Å². The van der Waals surface area contributed by atoms with Gasteiger partial charge in [0, 0.05) is 13.2 Å². The van der Waals surface area contributed by atoms with Gasteiger partial charge in [-0.15, -0.1) is 0 Å². The predicted octanol–water partition coefficient (Wildman–Crippen LogP) is 1.43. The molecule has 1 heterocycles. The van der Waals surface area contributed by atoms with Gasteiger partial charge in [-0.2, -0.15) is 0 Å². The average Bonchev–Trinajstić information content (AvgIpc) is 2.55. The van der Waals surface area contributed by atoms with Crippen LogP contribution in [-0.4, -0.2) is 37.7 Å². The highest BCUT2D eigenvalue weighted by atomic mass is 16.5. The molecule has 1 unspecified atom stereocenters. The summed E-state index contributed by atoms with van der Waals surface area (Å²) in [5.74, 6) is 0.0656. The zero-order valence-electron chi connectivity index (χ0n) is 12.7. The monoisotopic (exact) mass is 288 g/mol. The third-order valence-electron chi connectivity index (χ3n) is 4.90. The van der Waals surface area contributed by atoms with Crippen molar-refractivity contribution in [3.63, 3.8) is 0 Å². The fraction of sp³-hybridized carbons (Fsp3) is 0.588. The maximum absolute atomic E-state index is 12.7. The van der Waals surface area contributed by atoms with E-state index < -0.39 is 5.60 Å². The van der Waals surface area contributed by atoms with E-state index in [0.717, 1.165) is 45.2 Å². The molecule has 4 nitrogen and oxygen atoms in total. The molecular formula is C17H24N2O2. The lowest BCUT2D eigenvalue weighted by Crippen LogP contribution is -2.56. The second kappa shape index (κ2) is 6.16. The van der Waals surface area contributed by atoms with Gasteiger partial charge < -0.3 is 15.4 Å². The zero-order chi connectivity index (χ0) is 14.7. The minimum atomic E-state index is -0.637. The lowest BCUT2D eigenvalue weighted by Gasteiger charge is -2.37. The highest BCUT2D eigenvalue weighted by Gasteiger charge is 2.40. The molecule has 1 atom stereocenters. The molecule has 0 saturated carbocycles. The van der Waals surface area contributed by atoms with E-state index in [4.69, 9.17) is 4.74 Å². The molecule has 4 heteroatoms. The molecule has 1 saturated heterocycles. The number of benzene rings is 1. The Morgan fingerprint density at radius 3 is 2.71 bits per heavy atom. The van der Waals surface area contributed by atoms with Crippen LogP contribution in [0, 0.1) is 0 Å². The van der Waals surface area contributed by atoms with Gasteiger partial charge >= 0.3 is 0 Å². The lowest BCUT2D eigenvalue weighted by molar-refractivity contribution is -0.147. The van der Waals surface area contributed by atoms with E-state index in [9.17, 15) is 4.79 Å². The molecule has 2 N–H and O–H groups in total. The number of hydrogen-bond donors (Lipinski definition) is 2. The molecule has 114 valence electrons. The van der Waals surface area contributed by atoms with Crippen molar-refractivity contribution in [2.75, 3.05) is 20.2 Å². The average molecular weight is 288 g/mol. The summed E-state index contributed by atoms with van der Waals surface area (Å²) in [5, 5.41) is 6.51. The summed E-state index contributed by atoms with van der Waals surface area (Å²) in [4.78, 5) is 12.7. The van der Waals surface area contributed by atoms with Crippen molar-refractivity contribution in [3.05, 3.63) is 35.4 Å². The fourth-order valence-corrected chi connectivity index (χ4v) is 3.49. The summed E-state index contributed by atoms with van der Waals surface area (Å²) < 4.78 is 5.60. The lowest BCUT2D eigenvalue weighted by atomic mass is 9.86. The van der Waals surface area contributed by atoms with E-state index in [-0.39, 0.29) is 11.9 Å². The van der Waals surface area contributed by atoms with E-state index in [2.05, 4.69) is 34.9 Å². The molecule has 0 bridgehead atoms. The Kier molecular flexibility index (Phi) is 4.27. The molecular weight excluding hydrogens is 264 g/mol. The minimum Gasteiger partial charge on any atom is -0.368 e. The Morgan fingerprint density at radius 1 is 1.29 bits per heavy atom. The number of hydrogen-bond acceptors (Lipinski definition) is 3. The Labute approximate surface area is 126 Å². The maximum atomic E-state index is 12.7. The molecule has 21 heavy (non-hydrogen) atoms. The van der Waals surface area contributed by atoms with E-state index in [0.29, 0.717) is 0 Å². The molecule has 0 radical (unpaired) electrons. The predicted molar refractivity (Wildman–Crippen MR) is 82.2 cm³/mol. The summed E-state index contributed by atoms with van der Waals surface area (Å²) in [6.45, 7) is 1.68. The van der Waals surface area contributed by atoms with Crippen molar-refractivity contribution in [1.29, 1.82) is 0 Å². The zero-order valence-corrected chi connectivity index (χ0v) is 12.7. The number of methoxy groups -OCH3 is 1. The van der Waals surface area contributed by atoms with Crippen LogP contribution in [0.3, 0.4) is 0 Å². The number of carbonyl (C=O) groups excluding carboxylic acids is 1. The summed E-state index contributed by atoms with van der Waals surface area (Å²) in [6, 6.07) is 8.76. The summed E-state index contributed by atoms with van der Waals surface area (Å²) in [6.07, 6.45) is 4.49. The van der Waals surface area contributed by atoms with Crippen LogP contribution in [-0.2, 0) is 22.4 Å². The molecule has 1 aliphatic carbocycles. The highest BCUT2D eigenvalue weighted by Crippen LogP contribution is 2.25. The van der Waals surface area contributed by atoms with Crippen molar-refractivity contribution >= 4 is 5.91 Å². The first kappa shape index (κ1) is 14.5. The van der Waals surface area contributed by atoms with Crippen LogP contribution in [0.15, 0.2) is 24.3 Å². The Morgan fingerprint density at radius 2 is 2.00 bits per heavy atom. The first-order valence-corrected chi connectivity index (χ1v) is 7.87. The maximum Gasteiger partial charge on any atom is 0.252 e. The van der Waals surface area contributed by atoms with Gasteiger partial charge in [-0.1, -0.05) is 24.3 Å². The van der Waals surface area contributed by atoms with Crippen LogP contribution in [0.1, 0.15) is 30.4 Å². The standard InChI is InChI=1S/C17H24N2O2/c1-21-17(8-10-18-11-9-17)16(20)19-15-7-6-13-4-2-3-5-14(13)12-15/h2-5,15,18H,6-12H2,1H3,(H,19,20). The third kappa shape index (κ3) is 2.97. The van der Waals surface area contributed by atoms with E-state index in [1.807, 2.05) is 0 Å². The van der Waals surface area contributed by atoms with Gasteiger partial charge in [0.15, 0.2) is 0 Å². The van der Waals surface area contributed by atoms with E-state index in [1.165, 1.54) is 11.1 Å². The van der Waals surface area contributed by atoms with Crippen molar-refractivity contribution in [3.8, 4) is 0 Å². The molecule has 1 fully saturated rings. The SMILES string of the molecule is COC1(C(=O)NC2CCc3ccccc3C2)CCNCC1. The van der Waals surface area contributed by atoms with E-state index in [1.54, 1.807) is 7.11 Å². The van der Waals surface area contributed by atoms with Crippen LogP contribution in [0.2, 0.25) is 0 Å². The van der Waals surface area contributed by atoms with Gasteiger partial charge in [0.05, 0.1) is 0 Å². The van der Waals surface area contributed by atoms with Crippen molar-refractivity contribution in [1.82, 2.24) is 10.6 Å². The molecule has 1 aromatic carbocycles. The number of amides is 1. The summed E-state index contributed by atoms with van der Waals surface area (Å²) in [5.41, 5.74) is 2.15. The number of piperidine rings is 1. The molecule has 1 amide bonds. The van der Waals surface area contributed by atoms with Crippen LogP contribution in [0.4, 0.5) is 0 Å². The normalized spacial score (nSPS) is 24.1. The number of nitrogens with one attached hydrogen (secondary N) is 2. The van der Waals surface area contributed by atoms with Crippen molar-refractivity contribution in [2.45, 2.75) is 43.7 Å². The topological polar surface area (TPSA) is 50.4 Å². The molecule has 1 aromatic rings. The smallest absolute Gasteiger partial charge is 0.252 e. The Balaban J connectivity index is 1.65. The minimum absolute atomic E-state index is 0.0656. The molecule has 0 spiro atoms. The number of rotatable bonds is 3. The van der Waals surface area contributed by atoms with Crippen LogP contribution < -0.4 is 10.6 Å². The van der Waals surface area contributed by atoms with Crippen LogP contribution >= 0.6 is 0 Å². The van der Waals surface area contributed by atoms with Crippen molar-refractivity contribution in [2.24, 2.45) is 0 Å². The Hall–Kier alpha value is -1.39. The number of ether oxygens (including phenoxy) is 1. The third-order valence-corrected chi connectivity index (χ3v) is 4.90. The molecule has 1 aliphatic heterocycles. The first-order chi connectivity index (χ1) is 10.2. The van der Waals surface area contributed by atoms with Crippen molar-refractivity contribution < 1.29 is 9.53 Å². The van der Waals surface area contributed by atoms with Crippen LogP contribution in [0.25, 0.3) is 0 Å². The molecule has 3 rings (SSSR count). The fourth-order valence-electron chi connectivity index (χ4n) is 3.49. The first-order valence-electron chi connectivity index (χ1n) is 7.87. The summed E-state index contributed by atoms with van der Waals surface area (Å²) >= 11 is 0. The largest absolute Gasteiger partial charge is 0.368 e. The van der Waals surface area contributed by atoms with E-state index >= 15 is 0 Å². The summed E-state index contributed by atoms with van der Waals surface area (Å²) in [7, 11) is 1.65. The van der Waals surface area contributed by atoms with Gasteiger partial charge in [-0.25, -0.2) is 0 Å². The number of aryl methyl sites for hydroxylation is 1. The number of carbonyl (C=O) groups is 1. The van der Waals surface area contributed by atoms with Gasteiger partial charge in [-0.05, 0) is 56.3 Å². The second-order valence-corrected chi connectivity index (χ2v) is 6.13. The van der Waals surface area contributed by atoms with Crippen LogP contribution in [0.5, 0.6) is 0 Å². The molecule has 2 aliphatic rings. The second-order valence-electron chi connectivity index (χ2n) is 6.13. The van der Waals surface area contributed by atoms with Gasteiger partial charge in [0.25, 0.3) is 5.91 Å². The molecule has 0 aromatic heterocycles. The number of fused-ring (bicyclic) bond motifs is 1.